The molecule has 0 aromatic carbocycles. The third-order valence-corrected chi connectivity index (χ3v) is 19.0. The van der Waals surface area contributed by atoms with E-state index in [2.05, 4.69) is 27.7 Å². The summed E-state index contributed by atoms with van der Waals surface area (Å²) in [6.07, 6.45) is 56.7. The molecule has 0 rings (SSSR count). The van der Waals surface area contributed by atoms with Gasteiger partial charge in [0.05, 0.1) is 26.4 Å². The number of aliphatic hydroxyl groups excluding tert-OH is 1. The van der Waals surface area contributed by atoms with E-state index in [0.717, 1.165) is 89.9 Å². The summed E-state index contributed by atoms with van der Waals surface area (Å²) in [5.41, 5.74) is 0. The lowest BCUT2D eigenvalue weighted by Crippen LogP contribution is -2.30. The van der Waals surface area contributed by atoms with Gasteiger partial charge in [0, 0.05) is 25.7 Å². The van der Waals surface area contributed by atoms with Crippen LogP contribution in [0.3, 0.4) is 0 Å². The molecule has 92 heavy (non-hydrogen) atoms. The van der Waals surface area contributed by atoms with Gasteiger partial charge in [-0.3, -0.25) is 37.3 Å². The topological polar surface area (TPSA) is 237 Å². The fourth-order valence-corrected chi connectivity index (χ4v) is 12.8. The van der Waals surface area contributed by atoms with Crippen LogP contribution in [0.1, 0.15) is 387 Å². The highest BCUT2D eigenvalue weighted by atomic mass is 31.2. The zero-order chi connectivity index (χ0) is 67.5. The maximum atomic E-state index is 13.1. The van der Waals surface area contributed by atoms with Crippen LogP contribution in [0.25, 0.3) is 0 Å². The average molecular weight is 1350 g/mol. The summed E-state index contributed by atoms with van der Waals surface area (Å²) in [5.74, 6) is -2.11. The lowest BCUT2D eigenvalue weighted by molar-refractivity contribution is -0.161. The van der Waals surface area contributed by atoms with Gasteiger partial charge in [-0.2, -0.15) is 0 Å². The lowest BCUT2D eigenvalue weighted by atomic mass is 10.0. The van der Waals surface area contributed by atoms with Crippen LogP contribution in [-0.4, -0.2) is 96.7 Å². The predicted octanol–water partition coefficient (Wildman–Crippen LogP) is 21.4. The first-order valence-electron chi connectivity index (χ1n) is 38.3. The number of ether oxygens (including phenoxy) is 4. The molecule has 0 aliphatic carbocycles. The molecule has 0 saturated heterocycles. The van der Waals surface area contributed by atoms with Crippen molar-refractivity contribution in [3.63, 3.8) is 0 Å². The Labute approximate surface area is 562 Å². The van der Waals surface area contributed by atoms with Crippen molar-refractivity contribution in [3.05, 3.63) is 0 Å². The summed E-state index contributed by atoms with van der Waals surface area (Å²) in [5, 5.41) is 10.6. The van der Waals surface area contributed by atoms with Crippen molar-refractivity contribution in [2.45, 2.75) is 406 Å². The molecule has 0 fully saturated rings. The van der Waals surface area contributed by atoms with E-state index >= 15 is 0 Å². The van der Waals surface area contributed by atoms with E-state index in [0.29, 0.717) is 25.7 Å². The number of hydrogen-bond acceptors (Lipinski definition) is 15. The molecule has 19 heteroatoms. The largest absolute Gasteiger partial charge is 0.472 e. The molecule has 0 aliphatic rings. The van der Waals surface area contributed by atoms with Gasteiger partial charge in [0.15, 0.2) is 12.2 Å². The van der Waals surface area contributed by atoms with Crippen LogP contribution in [0.15, 0.2) is 0 Å². The normalized spacial score (nSPS) is 13.9. The molecule has 546 valence electrons. The number of phosphoric acid groups is 2. The monoisotopic (exact) mass is 1350 g/mol. The number of aliphatic hydroxyl groups is 1. The summed E-state index contributed by atoms with van der Waals surface area (Å²) in [6, 6.07) is 0. The van der Waals surface area contributed by atoms with Gasteiger partial charge >= 0.3 is 39.5 Å². The highest BCUT2D eigenvalue weighted by molar-refractivity contribution is 7.47. The maximum Gasteiger partial charge on any atom is 0.472 e. The Kier molecular flexibility index (Phi) is 66.2. The van der Waals surface area contributed by atoms with Crippen LogP contribution in [-0.2, 0) is 65.4 Å². The molecule has 0 aromatic rings. The number of esters is 4. The fraction of sp³-hybridized carbons (Fsp3) is 0.945. The Bertz CT molecular complexity index is 1760. The summed E-state index contributed by atoms with van der Waals surface area (Å²) in [6.45, 7) is 4.96. The van der Waals surface area contributed by atoms with Crippen molar-refractivity contribution in [1.29, 1.82) is 0 Å². The van der Waals surface area contributed by atoms with Gasteiger partial charge in [-0.25, -0.2) is 9.13 Å². The van der Waals surface area contributed by atoms with Crippen molar-refractivity contribution in [3.8, 4) is 0 Å². The van der Waals surface area contributed by atoms with Gasteiger partial charge in [0.2, 0.25) is 0 Å². The van der Waals surface area contributed by atoms with Crippen molar-refractivity contribution in [1.82, 2.24) is 0 Å². The van der Waals surface area contributed by atoms with E-state index < -0.39 is 97.5 Å². The second kappa shape index (κ2) is 67.6. The van der Waals surface area contributed by atoms with Crippen molar-refractivity contribution in [2.75, 3.05) is 39.6 Å². The van der Waals surface area contributed by atoms with Crippen LogP contribution in [0.4, 0.5) is 0 Å². The number of rotatable bonds is 74. The minimum atomic E-state index is -4.95. The summed E-state index contributed by atoms with van der Waals surface area (Å²) < 4.78 is 68.4. The van der Waals surface area contributed by atoms with Gasteiger partial charge in [0.25, 0.3) is 0 Å². The van der Waals surface area contributed by atoms with Gasteiger partial charge in [-0.15, -0.1) is 0 Å². The second-order valence-corrected chi connectivity index (χ2v) is 29.2. The van der Waals surface area contributed by atoms with Crippen LogP contribution in [0.5, 0.6) is 0 Å². The minimum absolute atomic E-state index is 0.108. The average Bonchev–Trinajstić information content (AvgIpc) is 3.29. The van der Waals surface area contributed by atoms with Gasteiger partial charge in [-0.05, 0) is 25.7 Å². The van der Waals surface area contributed by atoms with Crippen molar-refractivity contribution >= 4 is 39.5 Å². The third-order valence-electron chi connectivity index (χ3n) is 17.1. The highest BCUT2D eigenvalue weighted by Crippen LogP contribution is 2.45. The first-order chi connectivity index (χ1) is 44.7. The molecule has 0 aromatic heterocycles. The molecule has 2 unspecified atom stereocenters. The molecular formula is C73H142O17P2. The van der Waals surface area contributed by atoms with E-state index in [1.807, 2.05) is 0 Å². The number of carbonyl (C=O) groups is 4. The molecule has 0 saturated carbocycles. The van der Waals surface area contributed by atoms with Gasteiger partial charge in [-0.1, -0.05) is 336 Å². The molecule has 0 spiro atoms. The van der Waals surface area contributed by atoms with Gasteiger partial charge < -0.3 is 33.8 Å². The maximum absolute atomic E-state index is 13.1. The van der Waals surface area contributed by atoms with E-state index in [1.54, 1.807) is 0 Å². The van der Waals surface area contributed by atoms with Crippen LogP contribution in [0.2, 0.25) is 0 Å². The zero-order valence-electron chi connectivity index (χ0n) is 59.5. The highest BCUT2D eigenvalue weighted by Gasteiger charge is 2.30. The molecule has 17 nitrogen and oxygen atoms in total. The van der Waals surface area contributed by atoms with E-state index in [-0.39, 0.29) is 25.7 Å². The lowest BCUT2D eigenvalue weighted by Gasteiger charge is -2.21. The SMILES string of the molecule is CCCCCCCCCCCCCCCCCCCCC(=O)O[C@H](COC(=O)CCCCCCCCCCCCCCC)COP(=O)(O)OC[C@@H](O)COP(=O)(O)OC[C@@H](COC(=O)CCCCCCCCCCCC)OC(=O)CCCCCCCCCCCCC. The number of hydrogen-bond donors (Lipinski definition) is 3. The van der Waals surface area contributed by atoms with E-state index in [1.165, 1.54) is 218 Å². The van der Waals surface area contributed by atoms with Crippen LogP contribution in [0, 0.1) is 0 Å². The van der Waals surface area contributed by atoms with Crippen molar-refractivity contribution in [2.24, 2.45) is 0 Å². The summed E-state index contributed by atoms with van der Waals surface area (Å²) >= 11 is 0. The molecule has 0 radical (unpaired) electrons. The summed E-state index contributed by atoms with van der Waals surface area (Å²) in [4.78, 5) is 72.6. The molecule has 5 atom stereocenters. The van der Waals surface area contributed by atoms with Gasteiger partial charge in [0.1, 0.15) is 19.3 Å². The zero-order valence-corrected chi connectivity index (χ0v) is 61.3. The minimum Gasteiger partial charge on any atom is -0.462 e. The van der Waals surface area contributed by atoms with E-state index in [9.17, 15) is 43.2 Å². The second-order valence-electron chi connectivity index (χ2n) is 26.3. The van der Waals surface area contributed by atoms with Crippen LogP contribution < -0.4 is 0 Å². The fourth-order valence-electron chi connectivity index (χ4n) is 11.2. The number of phosphoric ester groups is 2. The Morgan fingerprint density at radius 1 is 0.261 bits per heavy atom. The van der Waals surface area contributed by atoms with Crippen molar-refractivity contribution < 1.29 is 80.2 Å². The first kappa shape index (κ1) is 90.1. The standard InChI is InChI=1S/C73H142O17P2/c1-5-9-13-17-21-25-29-31-32-33-34-35-37-40-44-48-52-56-60-73(78)90-69(64-84-71(76)58-54-50-46-42-39-36-30-26-22-18-14-10-6-2)66-88-92(81,82)86-62-67(74)61-85-91(79,80)87-65-68(63-83-70(75)57-53-49-45-41-28-24-20-16-12-8-4)89-72(77)59-55-51-47-43-38-27-23-19-15-11-7-3/h67-69,74H,5-66H2,1-4H3,(H,79,80)(H,81,82)/t67-,68+,69+/m0/s1. The summed E-state index contributed by atoms with van der Waals surface area (Å²) in [7, 11) is -9.90. The Balaban J connectivity index is 5.22. The predicted molar refractivity (Wildman–Crippen MR) is 372 cm³/mol. The number of unbranched alkanes of at least 4 members (excludes halogenated alkanes) is 48. The smallest absolute Gasteiger partial charge is 0.462 e. The quantitative estimate of drug-likeness (QED) is 0.0222. The molecule has 0 aliphatic heterocycles. The molecule has 0 bridgehead atoms. The molecule has 3 N–H and O–H groups in total. The van der Waals surface area contributed by atoms with E-state index in [4.69, 9.17) is 37.0 Å². The molecule has 0 amide bonds. The first-order valence-corrected chi connectivity index (χ1v) is 41.3. The Morgan fingerprint density at radius 2 is 0.435 bits per heavy atom. The Hall–Kier alpha value is -1.94. The molecular weight excluding hydrogens is 1210 g/mol. The third kappa shape index (κ3) is 66.7. The van der Waals surface area contributed by atoms with Crippen LogP contribution >= 0.6 is 15.6 Å². The Morgan fingerprint density at radius 3 is 0.641 bits per heavy atom. The molecule has 0 heterocycles. The number of carbonyl (C=O) groups excluding carboxylic acids is 4.